The first kappa shape index (κ1) is 20.9. The Hall–Kier alpha value is -1.40. The van der Waals surface area contributed by atoms with Gasteiger partial charge in [0.25, 0.3) is 0 Å². The van der Waals surface area contributed by atoms with Gasteiger partial charge in [-0.25, -0.2) is 0 Å². The summed E-state index contributed by atoms with van der Waals surface area (Å²) in [5.41, 5.74) is 1.08. The highest BCUT2D eigenvalue weighted by Crippen LogP contribution is 2.62. The van der Waals surface area contributed by atoms with Crippen LogP contribution in [-0.2, 0) is 25.3 Å². The molecule has 0 fully saturated rings. The molecule has 0 saturated heterocycles. The Morgan fingerprint density at radius 1 is 1.04 bits per heavy atom. The maximum absolute atomic E-state index is 6.72. The van der Waals surface area contributed by atoms with E-state index in [1.165, 1.54) is 0 Å². The molecule has 0 heterocycles. The van der Waals surface area contributed by atoms with Crippen LogP contribution in [0.4, 0.5) is 0 Å². The minimum Gasteiger partial charge on any atom is -0.496 e. The molecule has 0 saturated carbocycles. The van der Waals surface area contributed by atoms with Gasteiger partial charge in [-0.3, -0.25) is 0 Å². The van der Waals surface area contributed by atoms with Gasteiger partial charge in [0, 0.05) is 25.3 Å². The SMILES string of the molecule is CCC/C=C/C=C\C1(O[Si](C)(C)C)c2c(OC)cccc2C1(OC)OC. The third-order valence-corrected chi connectivity index (χ3v) is 5.47. The van der Waals surface area contributed by atoms with Crippen molar-refractivity contribution in [3.8, 4) is 5.75 Å². The van der Waals surface area contributed by atoms with Crippen molar-refractivity contribution in [2.24, 2.45) is 0 Å². The van der Waals surface area contributed by atoms with Gasteiger partial charge in [0.1, 0.15) is 5.75 Å². The van der Waals surface area contributed by atoms with E-state index in [1.807, 2.05) is 24.3 Å². The summed E-state index contributed by atoms with van der Waals surface area (Å²) in [6.45, 7) is 8.66. The summed E-state index contributed by atoms with van der Waals surface area (Å²) in [5.74, 6) is -0.209. The van der Waals surface area contributed by atoms with Crippen molar-refractivity contribution in [3.05, 3.63) is 53.6 Å². The van der Waals surface area contributed by atoms with Crippen LogP contribution in [-0.4, -0.2) is 29.6 Å². The van der Waals surface area contributed by atoms with Crippen molar-refractivity contribution in [3.63, 3.8) is 0 Å². The maximum Gasteiger partial charge on any atom is 0.232 e. The van der Waals surface area contributed by atoms with Crippen LogP contribution in [0, 0.1) is 0 Å². The highest BCUT2D eigenvalue weighted by atomic mass is 28.4. The zero-order valence-corrected chi connectivity index (χ0v) is 18.1. The largest absolute Gasteiger partial charge is 0.496 e. The van der Waals surface area contributed by atoms with Crippen molar-refractivity contribution >= 4 is 8.32 Å². The molecule has 0 amide bonds. The average molecular weight is 377 g/mol. The first-order chi connectivity index (χ1) is 12.3. The van der Waals surface area contributed by atoms with Gasteiger partial charge in [0.15, 0.2) is 13.9 Å². The van der Waals surface area contributed by atoms with Gasteiger partial charge in [0.05, 0.1) is 7.11 Å². The molecule has 0 radical (unpaired) electrons. The summed E-state index contributed by atoms with van der Waals surface area (Å²) in [6.07, 6.45) is 10.5. The summed E-state index contributed by atoms with van der Waals surface area (Å²) < 4.78 is 24.2. The Morgan fingerprint density at radius 2 is 1.73 bits per heavy atom. The number of methoxy groups -OCH3 is 3. The summed E-state index contributed by atoms with van der Waals surface area (Å²) in [6, 6.07) is 5.92. The lowest BCUT2D eigenvalue weighted by Crippen LogP contribution is -2.64. The van der Waals surface area contributed by atoms with E-state index in [2.05, 4.69) is 44.8 Å². The number of ether oxygens (including phenoxy) is 3. The molecule has 4 nitrogen and oxygen atoms in total. The fourth-order valence-corrected chi connectivity index (χ4v) is 4.90. The molecule has 1 aromatic carbocycles. The fourth-order valence-electron chi connectivity index (χ4n) is 3.63. The molecule has 144 valence electrons. The molecule has 1 aliphatic carbocycles. The molecule has 0 bridgehead atoms. The lowest BCUT2D eigenvalue weighted by molar-refractivity contribution is -0.319. The van der Waals surface area contributed by atoms with E-state index in [1.54, 1.807) is 21.3 Å². The van der Waals surface area contributed by atoms with E-state index in [-0.39, 0.29) is 0 Å². The van der Waals surface area contributed by atoms with Crippen LogP contribution in [0.1, 0.15) is 30.9 Å². The van der Waals surface area contributed by atoms with Gasteiger partial charge in [-0.2, -0.15) is 0 Å². The minimum atomic E-state index is -1.95. The Bertz CT molecular complexity index is 671. The standard InChI is InChI=1S/C21H32O4Si/c1-8-9-10-11-12-16-20(25-26(5,6)7)19-17(21(20,23-3)24-4)14-13-15-18(19)22-2/h10-16H,8-9H2,1-7H3/b11-10+,16-12-. The molecule has 1 aliphatic rings. The quantitative estimate of drug-likeness (QED) is 0.341. The van der Waals surface area contributed by atoms with Gasteiger partial charge in [-0.05, 0) is 38.2 Å². The average Bonchev–Trinajstić information content (AvgIpc) is 2.60. The molecule has 1 atom stereocenters. The van der Waals surface area contributed by atoms with Crippen molar-refractivity contribution in [1.29, 1.82) is 0 Å². The number of hydrogen-bond acceptors (Lipinski definition) is 4. The Balaban J connectivity index is 2.65. The lowest BCUT2D eigenvalue weighted by atomic mass is 9.66. The first-order valence-electron chi connectivity index (χ1n) is 9.14. The molecule has 5 heteroatoms. The number of benzene rings is 1. The highest BCUT2D eigenvalue weighted by Gasteiger charge is 2.67. The van der Waals surface area contributed by atoms with Gasteiger partial charge in [-0.1, -0.05) is 43.7 Å². The van der Waals surface area contributed by atoms with Crippen LogP contribution in [0.3, 0.4) is 0 Å². The van der Waals surface area contributed by atoms with Crippen molar-refractivity contribution in [2.75, 3.05) is 21.3 Å². The Morgan fingerprint density at radius 3 is 2.27 bits per heavy atom. The second kappa shape index (κ2) is 8.09. The molecular weight excluding hydrogens is 344 g/mol. The summed E-state index contributed by atoms with van der Waals surface area (Å²) in [4.78, 5) is 0. The normalized spacial score (nSPS) is 21.8. The molecule has 0 aromatic heterocycles. The summed E-state index contributed by atoms with van der Waals surface area (Å²) in [5, 5.41) is 0. The van der Waals surface area contributed by atoms with Crippen LogP contribution >= 0.6 is 0 Å². The number of unbranched alkanes of at least 4 members (excludes halogenated alkanes) is 1. The van der Waals surface area contributed by atoms with E-state index in [0.29, 0.717) is 0 Å². The van der Waals surface area contributed by atoms with E-state index >= 15 is 0 Å². The molecule has 2 rings (SSSR count). The Labute approximate surface area is 158 Å². The predicted molar refractivity (Wildman–Crippen MR) is 108 cm³/mol. The zero-order chi connectivity index (χ0) is 19.4. The number of fused-ring (bicyclic) bond motifs is 1. The van der Waals surface area contributed by atoms with Gasteiger partial charge in [0.2, 0.25) is 5.79 Å². The van der Waals surface area contributed by atoms with Crippen LogP contribution < -0.4 is 4.74 Å². The van der Waals surface area contributed by atoms with Gasteiger partial charge in [-0.15, -0.1) is 0 Å². The summed E-state index contributed by atoms with van der Waals surface area (Å²) in [7, 11) is 3.05. The molecular formula is C21H32O4Si. The third kappa shape index (κ3) is 3.41. The summed E-state index contributed by atoms with van der Waals surface area (Å²) >= 11 is 0. The molecule has 1 unspecified atom stereocenters. The fraction of sp³-hybridized carbons (Fsp3) is 0.524. The van der Waals surface area contributed by atoms with Crippen molar-refractivity contribution in [2.45, 2.75) is 50.8 Å². The second-order valence-electron chi connectivity index (χ2n) is 7.43. The van der Waals surface area contributed by atoms with E-state index < -0.39 is 19.7 Å². The van der Waals surface area contributed by atoms with Gasteiger partial charge >= 0.3 is 0 Å². The van der Waals surface area contributed by atoms with Crippen LogP contribution in [0.15, 0.2) is 42.5 Å². The predicted octanol–water partition coefficient (Wildman–Crippen LogP) is 5.11. The molecule has 26 heavy (non-hydrogen) atoms. The monoisotopic (exact) mass is 376 g/mol. The van der Waals surface area contributed by atoms with Gasteiger partial charge < -0.3 is 18.6 Å². The second-order valence-corrected chi connectivity index (χ2v) is 11.9. The smallest absolute Gasteiger partial charge is 0.232 e. The number of hydrogen-bond donors (Lipinski definition) is 0. The molecule has 0 aliphatic heterocycles. The van der Waals surface area contributed by atoms with Crippen molar-refractivity contribution < 1.29 is 18.6 Å². The Kier molecular flexibility index (Phi) is 6.50. The maximum atomic E-state index is 6.72. The molecule has 0 spiro atoms. The number of allylic oxidation sites excluding steroid dienone is 3. The van der Waals surface area contributed by atoms with E-state index in [9.17, 15) is 0 Å². The zero-order valence-electron chi connectivity index (χ0n) is 17.1. The molecule has 0 N–H and O–H groups in total. The number of rotatable bonds is 9. The third-order valence-electron chi connectivity index (χ3n) is 4.54. The lowest BCUT2D eigenvalue weighted by Gasteiger charge is -2.58. The van der Waals surface area contributed by atoms with E-state index in [4.69, 9.17) is 18.6 Å². The first-order valence-corrected chi connectivity index (χ1v) is 12.6. The highest BCUT2D eigenvalue weighted by molar-refractivity contribution is 6.69. The van der Waals surface area contributed by atoms with Crippen molar-refractivity contribution in [1.82, 2.24) is 0 Å². The van der Waals surface area contributed by atoms with E-state index in [0.717, 1.165) is 29.7 Å². The van der Waals surface area contributed by atoms with Crippen LogP contribution in [0.2, 0.25) is 19.6 Å². The molecule has 1 aromatic rings. The van der Waals surface area contributed by atoms with Crippen LogP contribution in [0.25, 0.3) is 0 Å². The topological polar surface area (TPSA) is 36.9 Å². The minimum absolute atomic E-state index is 0.785. The van der Waals surface area contributed by atoms with Crippen LogP contribution in [0.5, 0.6) is 5.75 Å².